The Hall–Kier alpha value is -1.60. The van der Waals surface area contributed by atoms with Gasteiger partial charge in [-0.2, -0.15) is 0 Å². The summed E-state index contributed by atoms with van der Waals surface area (Å²) in [5.74, 6) is 6.20. The molecule has 0 spiro atoms. The zero-order chi connectivity index (χ0) is 13.5. The maximum atomic E-state index is 5.84. The SMILES string of the molecule is COC[C@H]1O[C@H](C#Cc2ccccc2)C=C[C@@H]1OC. The molecule has 0 aromatic heterocycles. The van der Waals surface area contributed by atoms with E-state index in [2.05, 4.69) is 11.8 Å². The summed E-state index contributed by atoms with van der Waals surface area (Å²) in [4.78, 5) is 0. The van der Waals surface area contributed by atoms with E-state index in [1.54, 1.807) is 14.2 Å². The fourth-order valence-electron chi connectivity index (χ4n) is 1.93. The van der Waals surface area contributed by atoms with Crippen molar-refractivity contribution in [1.82, 2.24) is 0 Å². The Morgan fingerprint density at radius 1 is 1.16 bits per heavy atom. The average molecular weight is 258 g/mol. The molecule has 0 fully saturated rings. The number of ether oxygens (including phenoxy) is 3. The van der Waals surface area contributed by atoms with Gasteiger partial charge in [0.05, 0.1) is 6.61 Å². The maximum Gasteiger partial charge on any atom is 0.137 e. The maximum absolute atomic E-state index is 5.84. The monoisotopic (exact) mass is 258 g/mol. The lowest BCUT2D eigenvalue weighted by Gasteiger charge is -2.29. The van der Waals surface area contributed by atoms with Gasteiger partial charge in [-0.3, -0.25) is 0 Å². The average Bonchev–Trinajstić information content (AvgIpc) is 2.47. The summed E-state index contributed by atoms with van der Waals surface area (Å²) in [6.07, 6.45) is 3.50. The Kier molecular flexibility index (Phi) is 5.17. The Balaban J connectivity index is 2.05. The van der Waals surface area contributed by atoms with Crippen LogP contribution in [-0.4, -0.2) is 39.1 Å². The van der Waals surface area contributed by atoms with E-state index in [1.165, 1.54) is 0 Å². The van der Waals surface area contributed by atoms with Crippen LogP contribution in [0.4, 0.5) is 0 Å². The molecule has 0 aliphatic carbocycles. The molecule has 0 N–H and O–H groups in total. The first kappa shape index (κ1) is 13.8. The molecule has 1 aromatic rings. The fourth-order valence-corrected chi connectivity index (χ4v) is 1.93. The summed E-state index contributed by atoms with van der Waals surface area (Å²) in [7, 11) is 3.32. The second kappa shape index (κ2) is 7.10. The molecule has 1 aliphatic heterocycles. The van der Waals surface area contributed by atoms with Crippen LogP contribution >= 0.6 is 0 Å². The molecule has 2 rings (SSSR count). The van der Waals surface area contributed by atoms with Gasteiger partial charge >= 0.3 is 0 Å². The highest BCUT2D eigenvalue weighted by Gasteiger charge is 2.26. The van der Waals surface area contributed by atoms with Crippen LogP contribution in [0.3, 0.4) is 0 Å². The van der Waals surface area contributed by atoms with Crippen LogP contribution in [0, 0.1) is 11.8 Å². The largest absolute Gasteiger partial charge is 0.382 e. The smallest absolute Gasteiger partial charge is 0.137 e. The van der Waals surface area contributed by atoms with Crippen molar-refractivity contribution in [3.8, 4) is 11.8 Å². The van der Waals surface area contributed by atoms with Gasteiger partial charge in [-0.25, -0.2) is 0 Å². The van der Waals surface area contributed by atoms with Crippen molar-refractivity contribution >= 4 is 0 Å². The van der Waals surface area contributed by atoms with Gasteiger partial charge in [0.1, 0.15) is 18.3 Å². The van der Waals surface area contributed by atoms with Gasteiger partial charge in [0.25, 0.3) is 0 Å². The van der Waals surface area contributed by atoms with Gasteiger partial charge in [-0.05, 0) is 18.2 Å². The van der Waals surface area contributed by atoms with Crippen molar-refractivity contribution in [3.05, 3.63) is 48.0 Å². The molecule has 0 unspecified atom stereocenters. The van der Waals surface area contributed by atoms with E-state index in [9.17, 15) is 0 Å². The quantitative estimate of drug-likeness (QED) is 0.613. The molecule has 3 nitrogen and oxygen atoms in total. The Bertz CT molecular complexity index is 470. The second-order valence-corrected chi connectivity index (χ2v) is 4.27. The minimum atomic E-state index is -0.216. The van der Waals surface area contributed by atoms with E-state index in [0.29, 0.717) is 6.61 Å². The van der Waals surface area contributed by atoms with Crippen LogP contribution in [0.2, 0.25) is 0 Å². The van der Waals surface area contributed by atoms with E-state index >= 15 is 0 Å². The summed E-state index contributed by atoms with van der Waals surface area (Å²) in [5, 5.41) is 0. The number of hydrogen-bond acceptors (Lipinski definition) is 3. The zero-order valence-electron chi connectivity index (χ0n) is 11.2. The van der Waals surface area contributed by atoms with E-state index in [-0.39, 0.29) is 18.3 Å². The van der Waals surface area contributed by atoms with Gasteiger partial charge in [0.15, 0.2) is 0 Å². The molecule has 0 saturated heterocycles. The summed E-state index contributed by atoms with van der Waals surface area (Å²) >= 11 is 0. The highest BCUT2D eigenvalue weighted by molar-refractivity contribution is 5.35. The van der Waals surface area contributed by atoms with Crippen LogP contribution < -0.4 is 0 Å². The zero-order valence-corrected chi connectivity index (χ0v) is 11.2. The third kappa shape index (κ3) is 3.93. The first-order chi connectivity index (χ1) is 9.33. The van der Waals surface area contributed by atoms with Crippen molar-refractivity contribution in [2.24, 2.45) is 0 Å². The lowest BCUT2D eigenvalue weighted by molar-refractivity contribution is -0.0835. The highest BCUT2D eigenvalue weighted by Crippen LogP contribution is 2.15. The summed E-state index contributed by atoms with van der Waals surface area (Å²) in [5.41, 5.74) is 0.983. The van der Waals surface area contributed by atoms with E-state index in [0.717, 1.165) is 5.56 Å². The van der Waals surface area contributed by atoms with Crippen LogP contribution in [0.5, 0.6) is 0 Å². The first-order valence-electron chi connectivity index (χ1n) is 6.25. The summed E-state index contributed by atoms with van der Waals surface area (Å²) in [6.45, 7) is 0.492. The normalized spacial score (nSPS) is 25.7. The number of benzene rings is 1. The Morgan fingerprint density at radius 2 is 1.95 bits per heavy atom. The standard InChI is InChI=1S/C16H18O3/c1-17-12-16-15(18-2)11-10-14(19-16)9-8-13-6-4-3-5-7-13/h3-7,10-11,14-16H,12H2,1-2H3/t14-,15+,16-/m1/s1. The molecule has 100 valence electrons. The van der Waals surface area contributed by atoms with Gasteiger partial charge in [0, 0.05) is 19.8 Å². The molecule has 1 aromatic carbocycles. The van der Waals surface area contributed by atoms with Crippen LogP contribution in [0.25, 0.3) is 0 Å². The van der Waals surface area contributed by atoms with Gasteiger partial charge in [-0.1, -0.05) is 36.1 Å². The van der Waals surface area contributed by atoms with Gasteiger partial charge < -0.3 is 14.2 Å². The number of rotatable bonds is 3. The summed E-state index contributed by atoms with van der Waals surface area (Å²) in [6, 6.07) is 9.86. The third-order valence-corrected chi connectivity index (χ3v) is 2.90. The number of hydrogen-bond donors (Lipinski definition) is 0. The first-order valence-corrected chi connectivity index (χ1v) is 6.25. The molecular weight excluding hydrogens is 240 g/mol. The Morgan fingerprint density at radius 3 is 2.63 bits per heavy atom. The minimum absolute atomic E-state index is 0.0743. The molecule has 0 bridgehead atoms. The van der Waals surface area contributed by atoms with Crippen molar-refractivity contribution in [3.63, 3.8) is 0 Å². The van der Waals surface area contributed by atoms with Crippen molar-refractivity contribution in [2.75, 3.05) is 20.8 Å². The van der Waals surface area contributed by atoms with Gasteiger partial charge in [0.2, 0.25) is 0 Å². The molecule has 0 saturated carbocycles. The molecule has 1 heterocycles. The molecule has 19 heavy (non-hydrogen) atoms. The van der Waals surface area contributed by atoms with Crippen molar-refractivity contribution in [2.45, 2.75) is 18.3 Å². The van der Waals surface area contributed by atoms with Crippen LogP contribution in [-0.2, 0) is 14.2 Å². The van der Waals surface area contributed by atoms with E-state index in [1.807, 2.05) is 42.5 Å². The third-order valence-electron chi connectivity index (χ3n) is 2.90. The molecular formula is C16H18O3. The fraction of sp³-hybridized carbons (Fsp3) is 0.375. The van der Waals surface area contributed by atoms with Gasteiger partial charge in [-0.15, -0.1) is 0 Å². The lowest BCUT2D eigenvalue weighted by Crippen LogP contribution is -2.39. The topological polar surface area (TPSA) is 27.7 Å². The second-order valence-electron chi connectivity index (χ2n) is 4.27. The number of methoxy groups -OCH3 is 2. The van der Waals surface area contributed by atoms with E-state index < -0.39 is 0 Å². The lowest BCUT2D eigenvalue weighted by atomic mass is 10.1. The molecule has 3 atom stereocenters. The molecule has 0 radical (unpaired) electrons. The molecule has 1 aliphatic rings. The molecule has 3 heteroatoms. The minimum Gasteiger partial charge on any atom is -0.382 e. The molecule has 0 amide bonds. The summed E-state index contributed by atoms with van der Waals surface area (Å²) < 4.78 is 16.3. The predicted molar refractivity (Wildman–Crippen MR) is 73.8 cm³/mol. The van der Waals surface area contributed by atoms with Crippen LogP contribution in [0.1, 0.15) is 5.56 Å². The van der Waals surface area contributed by atoms with Crippen molar-refractivity contribution < 1.29 is 14.2 Å². The van der Waals surface area contributed by atoms with Crippen LogP contribution in [0.15, 0.2) is 42.5 Å². The Labute approximate surface area is 114 Å². The highest BCUT2D eigenvalue weighted by atomic mass is 16.6. The van der Waals surface area contributed by atoms with E-state index in [4.69, 9.17) is 14.2 Å². The van der Waals surface area contributed by atoms with Crippen molar-refractivity contribution in [1.29, 1.82) is 0 Å². The predicted octanol–water partition coefficient (Wildman–Crippen LogP) is 2.02.